The second kappa shape index (κ2) is 32.2. The lowest BCUT2D eigenvalue weighted by molar-refractivity contribution is -0.197. The van der Waals surface area contributed by atoms with Crippen LogP contribution in [0.5, 0.6) is 5.88 Å². The fourth-order valence-electron chi connectivity index (χ4n) is 14.0. The predicted molar refractivity (Wildman–Crippen MR) is 416 cm³/mol. The molecule has 11 heterocycles. The Morgan fingerprint density at radius 1 is 0.466 bits per heavy atom. The van der Waals surface area contributed by atoms with E-state index in [4.69, 9.17) is 14.7 Å². The van der Waals surface area contributed by atoms with Crippen molar-refractivity contribution in [3.8, 4) is 74.2 Å². The van der Waals surface area contributed by atoms with E-state index in [1.807, 2.05) is 24.3 Å². The van der Waals surface area contributed by atoms with Gasteiger partial charge in [-0.2, -0.15) is 52.7 Å². The molecule has 0 saturated heterocycles. The van der Waals surface area contributed by atoms with Crippen molar-refractivity contribution < 1.29 is 62.2 Å². The second-order valence-corrected chi connectivity index (χ2v) is 28.9. The van der Waals surface area contributed by atoms with Crippen molar-refractivity contribution >= 4 is 34.1 Å². The molecule has 0 unspecified atom stereocenters. The molecule has 0 radical (unpaired) electrons. The average molecular weight is 1630 g/mol. The maximum absolute atomic E-state index is 13.2. The quantitative estimate of drug-likeness (QED) is 0.0817. The molecule has 4 aromatic carbocycles. The van der Waals surface area contributed by atoms with Crippen LogP contribution >= 0.6 is 0 Å². The lowest BCUT2D eigenvalue weighted by Crippen LogP contribution is -2.35. The lowest BCUT2D eigenvalue weighted by atomic mass is 9.71. The van der Waals surface area contributed by atoms with Crippen LogP contribution in [-0.2, 0) is 84.6 Å². The predicted octanol–water partition coefficient (Wildman–Crippen LogP) is 17.0. The van der Waals surface area contributed by atoms with Crippen molar-refractivity contribution in [2.75, 3.05) is 4.90 Å². The van der Waals surface area contributed by atoms with Gasteiger partial charge in [0.1, 0.15) is 40.4 Å². The molecule has 23 nitrogen and oxygen atoms in total. The van der Waals surface area contributed by atoms with Crippen LogP contribution < -0.4 is 21.0 Å². The van der Waals surface area contributed by atoms with Crippen molar-refractivity contribution in [2.24, 2.45) is 41.2 Å². The Balaban J connectivity index is 0.000000153. The third-order valence-corrected chi connectivity index (χ3v) is 20.4. The summed E-state index contributed by atoms with van der Waals surface area (Å²) in [6, 6.07) is 35.5. The number of ether oxygens (including phenoxy) is 1. The highest BCUT2D eigenvalue weighted by atomic mass is 19.4. The number of carbonyl (C=O) groups excluding carboxylic acids is 1. The lowest BCUT2D eigenvalue weighted by Gasteiger charge is -2.36. The van der Waals surface area contributed by atoms with Crippen LogP contribution in [0, 0.1) is 5.92 Å². The van der Waals surface area contributed by atoms with Crippen molar-refractivity contribution in [1.82, 2.24) is 86.8 Å². The van der Waals surface area contributed by atoms with E-state index in [-0.39, 0.29) is 99.8 Å². The van der Waals surface area contributed by atoms with Gasteiger partial charge in [0.15, 0.2) is 45.8 Å². The van der Waals surface area contributed by atoms with Gasteiger partial charge in [-0.25, -0.2) is 59.4 Å². The van der Waals surface area contributed by atoms with Gasteiger partial charge in [-0.15, -0.1) is 0 Å². The Morgan fingerprint density at radius 2 is 0.881 bits per heavy atom. The molecule has 1 aliphatic heterocycles. The Kier molecular flexibility index (Phi) is 22.7. The highest BCUT2D eigenvalue weighted by Crippen LogP contribution is 2.51. The van der Waals surface area contributed by atoms with E-state index in [2.05, 4.69) is 64.8 Å². The number of amides is 1. The number of hydrogen-bond acceptors (Lipinski definition) is 15. The number of fused-ring (bicyclic) bond motifs is 3. The topological polar surface area (TPSA) is 240 Å². The number of alkyl halides is 12. The van der Waals surface area contributed by atoms with Gasteiger partial charge in [-0.1, -0.05) is 126 Å². The zero-order valence-corrected chi connectivity index (χ0v) is 62.8. The van der Waals surface area contributed by atoms with Crippen molar-refractivity contribution in [1.29, 1.82) is 0 Å². The number of aryl methyl sites for hydroxylation is 5. The molecular weight excluding hydrogens is 1560 g/mol. The summed E-state index contributed by atoms with van der Waals surface area (Å²) in [5.41, 5.74) is 6.62. The Labute approximate surface area is 666 Å². The van der Waals surface area contributed by atoms with Gasteiger partial charge in [0.25, 0.3) is 0 Å². The molecule has 0 atom stereocenters. The number of hydrogen-bond donors (Lipinski definition) is 0. The first-order valence-corrected chi connectivity index (χ1v) is 36.5. The minimum Gasteiger partial charge on any atom is -0.474 e. The molecule has 0 bridgehead atoms. The van der Waals surface area contributed by atoms with Crippen LogP contribution in [0.1, 0.15) is 117 Å². The first-order valence-electron chi connectivity index (χ1n) is 36.5. The largest absolute Gasteiger partial charge is 0.474 e. The van der Waals surface area contributed by atoms with Gasteiger partial charge in [0.05, 0.1) is 55.6 Å². The van der Waals surface area contributed by atoms with E-state index in [1.54, 1.807) is 129 Å². The fraction of sp³-hybridized carbons (Fsp3) is 0.301. The minimum absolute atomic E-state index is 0. The van der Waals surface area contributed by atoms with E-state index in [0.717, 1.165) is 59.2 Å². The summed E-state index contributed by atoms with van der Waals surface area (Å²) in [4.78, 5) is 88.1. The van der Waals surface area contributed by atoms with Gasteiger partial charge < -0.3 is 18.4 Å². The summed E-state index contributed by atoms with van der Waals surface area (Å²) in [6.07, 6.45) is -4.77. The first-order chi connectivity index (χ1) is 55.1. The number of benzene rings is 4. The Hall–Kier alpha value is -13.0. The van der Waals surface area contributed by atoms with Crippen molar-refractivity contribution in [2.45, 2.75) is 123 Å². The number of rotatable bonds is 16. The summed E-state index contributed by atoms with van der Waals surface area (Å²) in [6.45, 7) is 4.83. The highest BCUT2D eigenvalue weighted by Gasteiger charge is 2.49. The molecule has 10 aromatic heterocycles. The zero-order valence-electron chi connectivity index (χ0n) is 62.8. The van der Waals surface area contributed by atoms with Crippen molar-refractivity contribution in [3.63, 3.8) is 0 Å². The van der Waals surface area contributed by atoms with E-state index < -0.39 is 47.7 Å². The van der Waals surface area contributed by atoms with Gasteiger partial charge in [-0.3, -0.25) is 32.9 Å². The van der Waals surface area contributed by atoms with Crippen LogP contribution in [0.2, 0.25) is 0 Å². The summed E-state index contributed by atoms with van der Waals surface area (Å²) < 4.78 is 173. The monoisotopic (exact) mass is 1630 g/mol. The Morgan fingerprint density at radius 3 is 1.32 bits per heavy atom. The smallest absolute Gasteiger partial charge is 0.434 e. The number of nitrogens with zero attached hydrogens (tertiary/aromatic N) is 19. The molecule has 0 spiro atoms. The number of pyridine rings is 2. The molecule has 2 aliphatic carbocycles. The number of carbonyl (C=O) groups is 1. The SMILES string of the molecule is C.C.CC(C)c1ccccc1-c1ncc2c(n1)N(Cc1ccc(-c3nc(C(F)(F)F)cn3C)cc1)C(=O)C2.Cn1cc(C(F)(F)F)nc1-c1ccc(Cn2c(=O)n(C)c3cnc(-c4cccnc4C4CC(C(F)(F)F)C4)nc32)cc1.Cn1cc(C(F)(F)F)nc1-c1ccc(Cn2c(=O)n(C)c3cnc(-c4cccnc4OC4CC4)nc32)cc1. The van der Waals surface area contributed by atoms with E-state index >= 15 is 0 Å². The average Bonchev–Trinajstić information content (AvgIpc) is 1.58. The van der Waals surface area contributed by atoms with Crippen LogP contribution in [0.3, 0.4) is 0 Å². The van der Waals surface area contributed by atoms with Crippen LogP contribution in [0.4, 0.5) is 58.5 Å². The third-order valence-electron chi connectivity index (χ3n) is 20.4. The van der Waals surface area contributed by atoms with Gasteiger partial charge in [0, 0.05) is 112 Å². The summed E-state index contributed by atoms with van der Waals surface area (Å²) in [5.74, 6) is 1.29. The minimum atomic E-state index is -4.56. The van der Waals surface area contributed by atoms with Gasteiger partial charge in [-0.05, 0) is 78.1 Å². The fourth-order valence-corrected chi connectivity index (χ4v) is 14.0. The number of halogens is 12. The van der Waals surface area contributed by atoms with E-state index in [0.29, 0.717) is 97.2 Å². The zero-order chi connectivity index (χ0) is 82.2. The molecule has 17 rings (SSSR count). The highest BCUT2D eigenvalue weighted by molar-refractivity contribution is 6.00. The summed E-state index contributed by atoms with van der Waals surface area (Å²) in [7, 11) is 7.75. The maximum Gasteiger partial charge on any atom is 0.434 e. The van der Waals surface area contributed by atoms with E-state index in [9.17, 15) is 67.1 Å². The molecule has 35 heteroatoms. The third kappa shape index (κ3) is 16.9. The summed E-state index contributed by atoms with van der Waals surface area (Å²) >= 11 is 0. The van der Waals surface area contributed by atoms with Crippen LogP contribution in [-0.4, -0.2) is 105 Å². The van der Waals surface area contributed by atoms with Crippen molar-refractivity contribution in [3.05, 3.63) is 242 Å². The maximum atomic E-state index is 13.2. The number of anilines is 1. The molecule has 2 fully saturated rings. The number of aromatic nitrogens is 18. The second-order valence-electron chi connectivity index (χ2n) is 28.9. The molecule has 612 valence electrons. The van der Waals surface area contributed by atoms with Gasteiger partial charge >= 0.3 is 36.1 Å². The number of imidazole rings is 5. The molecule has 14 aromatic rings. The van der Waals surface area contributed by atoms with E-state index in [1.165, 1.54) is 65.5 Å². The summed E-state index contributed by atoms with van der Waals surface area (Å²) in [5, 5.41) is 0. The van der Waals surface area contributed by atoms with Gasteiger partial charge in [0.2, 0.25) is 11.8 Å². The molecule has 2 saturated carbocycles. The van der Waals surface area contributed by atoms with Crippen LogP contribution in [0.15, 0.2) is 180 Å². The molecular formula is C83H77F12N19O4. The molecule has 3 aliphatic rings. The molecule has 118 heavy (non-hydrogen) atoms. The first kappa shape index (κ1) is 83.0. The molecule has 1 amide bonds. The Bertz CT molecular complexity index is 6180. The molecule has 0 N–H and O–H groups in total. The van der Waals surface area contributed by atoms with Crippen LogP contribution in [0.25, 0.3) is 90.7 Å². The standard InChI is InChI=1S/C28H23F6N7O.C27H24F3N5O.C26H22F3N7O2.2CH4/c1-39-14-21(28(32,33)34)37-24(39)16-7-5-15(6-8-16)13-41-25-20(40(2)26(41)42)12-36-23(38-25)19-4-3-9-35-22(19)17-10-18(11-17)27(29,30)31;1-16(2)20-6-4-5-7-21(20)24-31-13-19-12-23(36)35(26(19)33-24)14-17-8-10-18(11-9-17)25-32-22(15-34(25)3)27(28,29)30;1-34-14-20(26(27,28)29)32-22(34)16-7-5-15(6-8-16)13-36-23-19(35(2)25(36)37)12-31-21(33-23)18-4-3-11-30-24(18)38-17-9-10-17;;/h3-9,12,14,17-18H,10-11,13H2,1-2H3;4-11,13,15-16H,12,14H2,1-3H3;3-8,11-12,14,17H,9-10,13H2,1-2H3;2*1H4. The normalized spacial score (nSPS) is 14.8.